The molecule has 730 valence electrons. The maximum atomic E-state index is 13.6. The van der Waals surface area contributed by atoms with E-state index in [9.17, 15) is 97.4 Å². The summed E-state index contributed by atoms with van der Waals surface area (Å²) in [7, 11) is 0. The van der Waals surface area contributed by atoms with Crippen molar-refractivity contribution in [2.24, 2.45) is 0 Å². The topological polar surface area (TPSA) is 508 Å². The highest BCUT2D eigenvalue weighted by Crippen LogP contribution is 2.34. The minimum absolute atomic E-state index is 0.0525. The van der Waals surface area contributed by atoms with Gasteiger partial charge in [-0.2, -0.15) is 39.5 Å². The lowest BCUT2D eigenvalue weighted by Gasteiger charge is -2.41. The summed E-state index contributed by atoms with van der Waals surface area (Å²) in [4.78, 5) is 159. The van der Waals surface area contributed by atoms with Crippen LogP contribution >= 0.6 is 0 Å². The average molecular weight is 1870 g/mol. The fourth-order valence-electron chi connectivity index (χ4n) is 13.6. The van der Waals surface area contributed by atoms with Crippen molar-refractivity contribution in [2.75, 3.05) is 135 Å². The molecule has 4 amide bonds. The number of carboxylic acid groups (broad SMARTS) is 1. The number of rotatable bonds is 59. The van der Waals surface area contributed by atoms with E-state index in [1.165, 1.54) is 0 Å². The van der Waals surface area contributed by atoms with Gasteiger partial charge in [-0.25, -0.2) is 15.0 Å². The van der Waals surface area contributed by atoms with Gasteiger partial charge < -0.3 is 113 Å². The molecule has 3 aromatic heterocycles. The number of hydrogen-bond donors (Lipinski definition) is 8. The van der Waals surface area contributed by atoms with E-state index in [2.05, 4.69) is 67.1 Å². The molecule has 3 aliphatic rings. The molecule has 6 rings (SSSR count). The Hall–Kier alpha value is -10.2. The van der Waals surface area contributed by atoms with Crippen molar-refractivity contribution >= 4 is 82.9 Å². The van der Waals surface area contributed by atoms with Crippen LogP contribution in [0, 0.1) is 0 Å². The highest BCUT2D eigenvalue weighted by atomic mass is 19.4. The number of nitrogens with zero attached hydrogens (tertiary/aromatic N) is 6. The Morgan fingerprint density at radius 3 is 0.892 bits per heavy atom. The van der Waals surface area contributed by atoms with Crippen LogP contribution in [0.4, 0.5) is 57.0 Å². The van der Waals surface area contributed by atoms with Crippen LogP contribution in [0.1, 0.15) is 174 Å². The molecule has 12 atom stereocenters. The van der Waals surface area contributed by atoms with Crippen LogP contribution < -0.4 is 37.2 Å². The summed E-state index contributed by atoms with van der Waals surface area (Å²) in [5.41, 5.74) is -5.37. The second-order valence-corrected chi connectivity index (χ2v) is 30.7. The van der Waals surface area contributed by atoms with Crippen LogP contribution in [0.5, 0.6) is 0 Å². The van der Waals surface area contributed by atoms with Gasteiger partial charge in [0.2, 0.25) is 23.6 Å². The molecule has 0 aliphatic carbocycles. The number of aliphatic carboxylic acids is 1. The van der Waals surface area contributed by atoms with Crippen LogP contribution in [0.2, 0.25) is 0 Å². The molecule has 0 aromatic carbocycles. The molecule has 0 spiro atoms. The van der Waals surface area contributed by atoms with E-state index in [1.807, 2.05) is 0 Å². The summed E-state index contributed by atoms with van der Waals surface area (Å²) in [6.45, 7) is 5.57. The summed E-state index contributed by atoms with van der Waals surface area (Å²) in [5.74, 6) is -8.41. The molecular formula is C81H116F9N13O27. The van der Waals surface area contributed by atoms with Crippen molar-refractivity contribution in [1.29, 1.82) is 0 Å². The monoisotopic (exact) mass is 1870 g/mol. The van der Waals surface area contributed by atoms with Crippen LogP contribution in [0.15, 0.2) is 37.2 Å². The van der Waals surface area contributed by atoms with Crippen molar-refractivity contribution in [3.63, 3.8) is 0 Å². The number of alkyl halides is 9. The second kappa shape index (κ2) is 56.5. The van der Waals surface area contributed by atoms with Crippen LogP contribution in [-0.2, 0) is 142 Å². The number of amides is 4. The standard InChI is InChI=1S/C81H116F9N13O27/c1-49(104)125-72-55(97-64-37-91-34-61(100-64)79(82,83)84)40-122-58(75(72)128-52(4)107)43-116-28-16-10-7-13-25-94-67(110)22-31-119-46-78(103-70(113)20-19-21-71(114)115,47-120-32-23-68(111)95-26-14-8-11-17-29-117-44-59-76(129-53(5)108)73(126-50(2)105)56(41-123-59)98-65-38-92-35-62(101-65)80(85,86)87)48-121-33-24-69(112)96-27-15-9-12-18-30-118-45-60-77(130-54(6)109)74(127-51(3)106)57(42-124-60)99-66-39-93-36-63(102-66)81(88,89)90/h34-39,55-60,72-77H,7-33,40-48H2,1-6H3,(H,94,110)(H,95,111)(H,96,112)(H,97,100)(H,98,101)(H,99,102)(H,103,113)(H,114,115)/t55-,56-,57-,58+,59+,60+,72+,73+,74+,75-,76-,77-/m0/s1. The molecule has 0 bridgehead atoms. The number of carbonyl (C=O) groups is 11. The van der Waals surface area contributed by atoms with Gasteiger partial charge in [0.15, 0.2) is 53.7 Å². The highest BCUT2D eigenvalue weighted by molar-refractivity contribution is 5.78. The van der Waals surface area contributed by atoms with Gasteiger partial charge in [-0.15, -0.1) is 0 Å². The summed E-state index contributed by atoms with van der Waals surface area (Å²) < 4.78 is 207. The number of unbranched alkanes of at least 4 members (excludes halogenated alkanes) is 9. The maximum Gasteiger partial charge on any atom is 0.434 e. The number of aromatic nitrogens is 6. The number of carboxylic acids is 1. The fourth-order valence-corrected chi connectivity index (χ4v) is 13.6. The Morgan fingerprint density at radius 2 is 0.623 bits per heavy atom. The van der Waals surface area contributed by atoms with Gasteiger partial charge in [0, 0.05) is 113 Å². The predicted molar refractivity (Wildman–Crippen MR) is 431 cm³/mol. The predicted octanol–water partition coefficient (Wildman–Crippen LogP) is 6.05. The Labute approximate surface area is 743 Å². The van der Waals surface area contributed by atoms with Crippen LogP contribution in [-0.4, -0.2) is 298 Å². The largest absolute Gasteiger partial charge is 0.481 e. The SMILES string of the molecule is CC(=O)O[C@@H]1[C@H](OC(C)=O)[C@@H](Nc2cncc(C(F)(F)F)n2)CO[C@@H]1COCCCCCCNC(=O)CCOCC(COCCC(=O)NCCCCCCOC[C@H]1OC[C@H](Nc2cncc(C(F)(F)F)n2)[C@@H](OC(C)=O)[C@H]1OC(C)=O)(COCCC(=O)NCCCCCCOC[C@H]1OC[C@H](Nc2cncc(C(F)(F)F)n2)[C@@H](OC(C)=O)[C@H]1OC(C)=O)NC(=O)CCCC(=O)O. The number of halogens is 9. The van der Waals surface area contributed by atoms with Crippen molar-refractivity contribution in [3.05, 3.63) is 54.3 Å². The van der Waals surface area contributed by atoms with Gasteiger partial charge in [0.1, 0.15) is 41.3 Å². The van der Waals surface area contributed by atoms with E-state index in [-0.39, 0.29) is 192 Å². The van der Waals surface area contributed by atoms with E-state index >= 15 is 0 Å². The molecule has 40 nitrogen and oxygen atoms in total. The van der Waals surface area contributed by atoms with Crippen molar-refractivity contribution < 1.29 is 168 Å². The van der Waals surface area contributed by atoms with Crippen molar-refractivity contribution in [3.8, 4) is 0 Å². The Balaban J connectivity index is 0.960. The van der Waals surface area contributed by atoms with Crippen molar-refractivity contribution in [2.45, 2.75) is 254 Å². The molecular weight excluding hydrogens is 1760 g/mol. The fraction of sp³-hybridized carbons (Fsp3) is 0.716. The van der Waals surface area contributed by atoms with E-state index in [0.29, 0.717) is 95.6 Å². The molecule has 0 radical (unpaired) electrons. The highest BCUT2D eigenvalue weighted by Gasteiger charge is 2.50. The molecule has 3 aromatic rings. The first-order chi connectivity index (χ1) is 61.8. The molecule has 3 aliphatic heterocycles. The van der Waals surface area contributed by atoms with E-state index in [4.69, 9.17) is 71.1 Å². The minimum Gasteiger partial charge on any atom is -0.481 e. The van der Waals surface area contributed by atoms with E-state index in [1.54, 1.807) is 0 Å². The lowest BCUT2D eigenvalue weighted by atomic mass is 9.97. The number of esters is 6. The molecule has 0 unspecified atom stereocenters. The first-order valence-corrected chi connectivity index (χ1v) is 42.4. The normalized spacial score (nSPS) is 20.6. The van der Waals surface area contributed by atoms with E-state index < -0.39 is 162 Å². The number of carbonyl (C=O) groups excluding carboxylic acids is 10. The minimum atomic E-state index is -4.80. The average Bonchev–Trinajstić information content (AvgIpc) is 0.805. The van der Waals surface area contributed by atoms with Gasteiger partial charge in [0.05, 0.1) is 135 Å². The van der Waals surface area contributed by atoms with Gasteiger partial charge >= 0.3 is 60.3 Å². The zero-order valence-electron chi connectivity index (χ0n) is 73.0. The maximum absolute atomic E-state index is 13.6. The van der Waals surface area contributed by atoms with Gasteiger partial charge in [-0.05, 0) is 44.9 Å². The zero-order valence-corrected chi connectivity index (χ0v) is 73.0. The Kier molecular flexibility index (Phi) is 47.2. The smallest absolute Gasteiger partial charge is 0.434 e. The zero-order chi connectivity index (χ0) is 95.2. The third-order valence-electron chi connectivity index (χ3n) is 19.5. The Bertz CT molecular complexity index is 3670. The third-order valence-corrected chi connectivity index (χ3v) is 19.5. The number of anilines is 3. The molecule has 130 heavy (non-hydrogen) atoms. The first-order valence-electron chi connectivity index (χ1n) is 42.4. The molecule has 49 heteroatoms. The molecule has 6 heterocycles. The Morgan fingerprint density at radius 1 is 0.346 bits per heavy atom. The molecule has 3 saturated heterocycles. The quantitative estimate of drug-likeness (QED) is 0.0138. The molecule has 0 saturated carbocycles. The molecule has 8 N–H and O–H groups in total. The van der Waals surface area contributed by atoms with Gasteiger partial charge in [0.25, 0.3) is 0 Å². The van der Waals surface area contributed by atoms with E-state index in [0.717, 1.165) is 60.1 Å². The second-order valence-electron chi connectivity index (χ2n) is 30.7. The summed E-state index contributed by atoms with van der Waals surface area (Å²) in [6.07, 6.45) is -13.9. The lowest BCUT2D eigenvalue weighted by molar-refractivity contribution is -0.202. The summed E-state index contributed by atoms with van der Waals surface area (Å²) in [6, 6.07) is -3.07. The summed E-state index contributed by atoms with van der Waals surface area (Å²) in [5, 5.41) is 28.9. The lowest BCUT2D eigenvalue weighted by Crippen LogP contribution is -2.59. The van der Waals surface area contributed by atoms with Crippen molar-refractivity contribution in [1.82, 2.24) is 51.2 Å². The van der Waals surface area contributed by atoms with Gasteiger partial charge in [-0.3, -0.25) is 67.7 Å². The third kappa shape index (κ3) is 41.9. The van der Waals surface area contributed by atoms with Gasteiger partial charge in [-0.1, -0.05) is 38.5 Å². The summed E-state index contributed by atoms with van der Waals surface area (Å²) >= 11 is 0. The molecule has 3 fully saturated rings. The number of ether oxygens (including phenoxy) is 15. The number of hydrogen-bond acceptors (Lipinski definition) is 35. The van der Waals surface area contributed by atoms with Crippen LogP contribution in [0.25, 0.3) is 0 Å². The van der Waals surface area contributed by atoms with Crippen LogP contribution in [0.3, 0.4) is 0 Å². The number of nitrogens with one attached hydrogen (secondary N) is 7. The first kappa shape index (κ1) is 109.